The third-order valence-electron chi connectivity index (χ3n) is 6.01. The highest BCUT2D eigenvalue weighted by atomic mass is 16.5. The first-order valence-electron chi connectivity index (χ1n) is 11.6. The van der Waals surface area contributed by atoms with Gasteiger partial charge in [-0.15, -0.1) is 0 Å². The molecule has 7 nitrogen and oxygen atoms in total. The zero-order chi connectivity index (χ0) is 23.8. The molecule has 2 aromatic rings. The topological polar surface area (TPSA) is 105 Å². The van der Waals surface area contributed by atoms with Gasteiger partial charge in [-0.1, -0.05) is 68.8 Å². The van der Waals surface area contributed by atoms with E-state index in [1.54, 1.807) is 0 Å². The molecule has 1 aliphatic carbocycles. The molecule has 0 radical (unpaired) electrons. The van der Waals surface area contributed by atoms with Crippen molar-refractivity contribution in [3.8, 4) is 11.1 Å². The number of benzene rings is 2. The van der Waals surface area contributed by atoms with Crippen LogP contribution in [0.1, 0.15) is 63.0 Å². The zero-order valence-electron chi connectivity index (χ0n) is 19.2. The van der Waals surface area contributed by atoms with Crippen LogP contribution in [0.2, 0.25) is 0 Å². The summed E-state index contributed by atoms with van der Waals surface area (Å²) in [5, 5.41) is 14.6. The maximum Gasteiger partial charge on any atom is 0.407 e. The van der Waals surface area contributed by atoms with Crippen LogP contribution < -0.4 is 10.6 Å². The number of carboxylic acid groups (broad SMARTS) is 1. The maximum absolute atomic E-state index is 12.5. The van der Waals surface area contributed by atoms with Crippen LogP contribution in [0.5, 0.6) is 0 Å². The van der Waals surface area contributed by atoms with E-state index in [0.717, 1.165) is 28.7 Å². The average Bonchev–Trinajstić information content (AvgIpc) is 3.10. The molecule has 0 spiro atoms. The Morgan fingerprint density at radius 1 is 0.909 bits per heavy atom. The Labute approximate surface area is 194 Å². The molecule has 0 aliphatic heterocycles. The minimum absolute atomic E-state index is 0.0302. The largest absolute Gasteiger partial charge is 0.481 e. The molecule has 33 heavy (non-hydrogen) atoms. The number of ether oxygens (including phenoxy) is 1. The molecule has 7 heteroatoms. The Kier molecular flexibility index (Phi) is 8.46. The normalized spacial score (nSPS) is 14.0. The molecule has 0 heterocycles. The second kappa shape index (κ2) is 11.5. The highest BCUT2D eigenvalue weighted by molar-refractivity contribution is 5.80. The van der Waals surface area contributed by atoms with E-state index in [-0.39, 0.29) is 31.3 Å². The molecule has 2 aromatic carbocycles. The lowest BCUT2D eigenvalue weighted by Crippen LogP contribution is -2.42. The van der Waals surface area contributed by atoms with Gasteiger partial charge in [0.25, 0.3) is 0 Å². The molecular formula is C26H32N2O5. The number of rotatable bonds is 11. The van der Waals surface area contributed by atoms with Gasteiger partial charge in [0.15, 0.2) is 0 Å². The van der Waals surface area contributed by atoms with Crippen molar-refractivity contribution >= 4 is 18.0 Å². The standard InChI is InChI=1S/C26H32N2O5/c1-3-9-18(15-25(30)31)27-24(29)14-17(4-2)28-26(32)33-16-23-21-12-7-5-10-19(21)20-11-6-8-13-22(20)23/h5-8,10-13,17-18,23H,3-4,9,14-16H2,1-2H3,(H,27,29)(H,28,32)(H,30,31)/t17?,18-/m0/s1. The highest BCUT2D eigenvalue weighted by Crippen LogP contribution is 2.44. The van der Waals surface area contributed by atoms with Crippen molar-refractivity contribution in [1.29, 1.82) is 0 Å². The van der Waals surface area contributed by atoms with Gasteiger partial charge in [-0.2, -0.15) is 0 Å². The van der Waals surface area contributed by atoms with E-state index in [9.17, 15) is 14.4 Å². The second-order valence-electron chi connectivity index (χ2n) is 8.43. The van der Waals surface area contributed by atoms with Gasteiger partial charge in [-0.3, -0.25) is 9.59 Å². The Hall–Kier alpha value is -3.35. The van der Waals surface area contributed by atoms with Gasteiger partial charge >= 0.3 is 12.1 Å². The Morgan fingerprint density at radius 2 is 1.52 bits per heavy atom. The van der Waals surface area contributed by atoms with E-state index < -0.39 is 24.1 Å². The summed E-state index contributed by atoms with van der Waals surface area (Å²) < 4.78 is 5.57. The number of fused-ring (bicyclic) bond motifs is 3. The van der Waals surface area contributed by atoms with E-state index in [0.29, 0.717) is 12.8 Å². The number of aliphatic carboxylic acids is 1. The number of carbonyl (C=O) groups is 3. The van der Waals surface area contributed by atoms with Crippen LogP contribution in [0.4, 0.5) is 4.79 Å². The first-order valence-corrected chi connectivity index (χ1v) is 11.6. The second-order valence-corrected chi connectivity index (χ2v) is 8.43. The fourth-order valence-corrected chi connectivity index (χ4v) is 4.40. The molecule has 0 bridgehead atoms. The molecule has 1 unspecified atom stereocenters. The smallest absolute Gasteiger partial charge is 0.407 e. The molecule has 3 N–H and O–H groups in total. The Morgan fingerprint density at radius 3 is 2.06 bits per heavy atom. The highest BCUT2D eigenvalue weighted by Gasteiger charge is 2.29. The van der Waals surface area contributed by atoms with Crippen molar-refractivity contribution in [3.05, 3.63) is 59.7 Å². The van der Waals surface area contributed by atoms with Gasteiger partial charge in [-0.25, -0.2) is 4.79 Å². The molecule has 0 fully saturated rings. The van der Waals surface area contributed by atoms with E-state index >= 15 is 0 Å². The van der Waals surface area contributed by atoms with E-state index in [4.69, 9.17) is 9.84 Å². The predicted molar refractivity (Wildman–Crippen MR) is 126 cm³/mol. The summed E-state index contributed by atoms with van der Waals surface area (Å²) in [7, 11) is 0. The minimum Gasteiger partial charge on any atom is -0.481 e. The monoisotopic (exact) mass is 452 g/mol. The summed E-state index contributed by atoms with van der Waals surface area (Å²) in [5.41, 5.74) is 4.60. The fourth-order valence-electron chi connectivity index (χ4n) is 4.40. The maximum atomic E-state index is 12.5. The zero-order valence-corrected chi connectivity index (χ0v) is 19.2. The number of carbonyl (C=O) groups excluding carboxylic acids is 2. The van der Waals surface area contributed by atoms with Gasteiger partial charge in [-0.05, 0) is 35.1 Å². The first-order chi connectivity index (χ1) is 15.9. The quantitative estimate of drug-likeness (QED) is 0.467. The lowest BCUT2D eigenvalue weighted by atomic mass is 9.98. The van der Waals surface area contributed by atoms with Gasteiger partial charge < -0.3 is 20.5 Å². The Bertz CT molecular complexity index is 945. The minimum atomic E-state index is -0.947. The van der Waals surface area contributed by atoms with Crippen molar-refractivity contribution in [1.82, 2.24) is 10.6 Å². The molecule has 0 saturated heterocycles. The SMILES string of the molecule is CCC[C@@H](CC(=O)O)NC(=O)CC(CC)NC(=O)OCC1c2ccccc2-c2ccccc21. The van der Waals surface area contributed by atoms with E-state index in [1.807, 2.05) is 38.1 Å². The summed E-state index contributed by atoms with van der Waals surface area (Å²) in [5.74, 6) is -1.25. The summed E-state index contributed by atoms with van der Waals surface area (Å²) in [6, 6.07) is 15.5. The van der Waals surface area contributed by atoms with Crippen LogP contribution in [0, 0.1) is 0 Å². The van der Waals surface area contributed by atoms with Crippen molar-refractivity contribution in [2.24, 2.45) is 0 Å². The number of nitrogens with one attached hydrogen (secondary N) is 2. The predicted octanol–water partition coefficient (Wildman–Crippen LogP) is 4.45. The van der Waals surface area contributed by atoms with Gasteiger partial charge in [0.05, 0.1) is 6.42 Å². The number of amides is 2. The number of alkyl carbamates (subject to hydrolysis) is 1. The Balaban J connectivity index is 1.54. The molecule has 0 saturated carbocycles. The lowest BCUT2D eigenvalue weighted by Gasteiger charge is -2.21. The van der Waals surface area contributed by atoms with Crippen LogP contribution in [0.25, 0.3) is 11.1 Å². The molecule has 176 valence electrons. The van der Waals surface area contributed by atoms with Gasteiger partial charge in [0, 0.05) is 24.4 Å². The molecular weight excluding hydrogens is 420 g/mol. The third-order valence-corrected chi connectivity index (χ3v) is 6.01. The van der Waals surface area contributed by atoms with E-state index in [2.05, 4.69) is 34.9 Å². The van der Waals surface area contributed by atoms with Gasteiger partial charge in [0.2, 0.25) is 5.91 Å². The molecule has 0 aromatic heterocycles. The summed E-state index contributed by atoms with van der Waals surface area (Å²) in [4.78, 5) is 35.9. The molecule has 3 rings (SSSR count). The number of hydrogen-bond donors (Lipinski definition) is 3. The number of carboxylic acids is 1. The van der Waals surface area contributed by atoms with Crippen LogP contribution in [0.15, 0.2) is 48.5 Å². The van der Waals surface area contributed by atoms with Crippen molar-refractivity contribution < 1.29 is 24.2 Å². The molecule has 1 aliphatic rings. The third kappa shape index (κ3) is 6.34. The average molecular weight is 453 g/mol. The van der Waals surface area contributed by atoms with Crippen molar-refractivity contribution in [3.63, 3.8) is 0 Å². The van der Waals surface area contributed by atoms with Crippen molar-refractivity contribution in [2.45, 2.75) is 64.0 Å². The summed E-state index contributed by atoms with van der Waals surface area (Å²) in [6.45, 7) is 4.02. The molecule has 2 atom stereocenters. The first kappa shape index (κ1) is 24.3. The van der Waals surface area contributed by atoms with Crippen LogP contribution in [-0.2, 0) is 14.3 Å². The molecule has 2 amide bonds. The number of hydrogen-bond acceptors (Lipinski definition) is 4. The van der Waals surface area contributed by atoms with Gasteiger partial charge in [0.1, 0.15) is 6.61 Å². The van der Waals surface area contributed by atoms with Crippen LogP contribution >= 0.6 is 0 Å². The van der Waals surface area contributed by atoms with Crippen molar-refractivity contribution in [2.75, 3.05) is 6.61 Å². The summed E-state index contributed by atoms with van der Waals surface area (Å²) in [6.07, 6.45) is 1.31. The van der Waals surface area contributed by atoms with Crippen LogP contribution in [-0.4, -0.2) is 41.8 Å². The lowest BCUT2D eigenvalue weighted by molar-refractivity contribution is -0.137. The summed E-state index contributed by atoms with van der Waals surface area (Å²) >= 11 is 0. The fraction of sp³-hybridized carbons (Fsp3) is 0.423. The van der Waals surface area contributed by atoms with E-state index in [1.165, 1.54) is 0 Å². The van der Waals surface area contributed by atoms with Crippen LogP contribution in [0.3, 0.4) is 0 Å².